The molecular formula is C23H25F2N7O. The van der Waals surface area contributed by atoms with Crippen LogP contribution in [0.25, 0.3) is 0 Å². The summed E-state index contributed by atoms with van der Waals surface area (Å²) >= 11 is 0. The minimum atomic E-state index is -0.932. The maximum Gasteiger partial charge on any atom is 0.243 e. The van der Waals surface area contributed by atoms with E-state index in [1.807, 2.05) is 31.2 Å². The van der Waals surface area contributed by atoms with Gasteiger partial charge in [0.1, 0.15) is 6.67 Å². The Morgan fingerprint density at radius 1 is 1.18 bits per heavy atom. The van der Waals surface area contributed by atoms with Crippen molar-refractivity contribution in [1.29, 1.82) is 0 Å². The zero-order valence-corrected chi connectivity index (χ0v) is 18.7. The summed E-state index contributed by atoms with van der Waals surface area (Å²) in [6.07, 6.45) is 7.01. The second kappa shape index (κ2) is 8.26. The van der Waals surface area contributed by atoms with E-state index in [4.69, 9.17) is 4.74 Å². The molecule has 0 radical (unpaired) electrons. The van der Waals surface area contributed by atoms with Crippen molar-refractivity contribution in [3.05, 3.63) is 47.3 Å². The highest BCUT2D eigenvalue weighted by Gasteiger charge is 2.52. The number of morpholine rings is 1. The maximum absolute atomic E-state index is 15.6. The number of halogens is 2. The molecule has 3 aliphatic heterocycles. The van der Waals surface area contributed by atoms with Gasteiger partial charge in [0, 0.05) is 36.9 Å². The second-order valence-corrected chi connectivity index (χ2v) is 8.74. The van der Waals surface area contributed by atoms with Crippen LogP contribution in [0.2, 0.25) is 0 Å². The summed E-state index contributed by atoms with van der Waals surface area (Å²) in [7, 11) is 0. The Hall–Kier alpha value is -3.27. The molecule has 172 valence electrons. The van der Waals surface area contributed by atoms with E-state index in [0.717, 1.165) is 0 Å². The van der Waals surface area contributed by atoms with Crippen LogP contribution in [-0.4, -0.2) is 59.6 Å². The molecule has 8 nitrogen and oxygen atoms in total. The first-order valence-corrected chi connectivity index (χ1v) is 10.9. The van der Waals surface area contributed by atoms with E-state index in [-0.39, 0.29) is 41.2 Å². The summed E-state index contributed by atoms with van der Waals surface area (Å²) in [5.74, 6) is -1.54. The van der Waals surface area contributed by atoms with Crippen LogP contribution in [-0.2, 0) is 11.2 Å². The lowest BCUT2D eigenvalue weighted by Gasteiger charge is -2.54. The second-order valence-electron chi connectivity index (χ2n) is 8.74. The quantitative estimate of drug-likeness (QED) is 0.570. The molecule has 10 heteroatoms. The molecule has 1 spiro atoms. The molecule has 1 aromatic heterocycles. The molecule has 1 saturated heterocycles. The van der Waals surface area contributed by atoms with E-state index >= 15 is 8.78 Å². The standard InChI is InChI=1S/C23H25F2N7O/c1-13-9-32-20-16(8-23(10-26-12-27-11-23)21(32)15(3)33-13)7-17(18(24)19(20)25)14(2)30-31-22-28-5-4-6-29-22/h4-7,10-11,13,15,21H,8-9,12H2,1-3H3,(H,28,29,31)/b30-14+/t13-,15+,21-/m1/s1. The lowest BCUT2D eigenvalue weighted by Crippen LogP contribution is -2.65. The third kappa shape index (κ3) is 3.68. The topological polar surface area (TPSA) is 87.4 Å². The van der Waals surface area contributed by atoms with Gasteiger partial charge in [-0.1, -0.05) is 0 Å². The number of ether oxygens (including phenoxy) is 1. The van der Waals surface area contributed by atoms with Crippen LogP contribution in [0.5, 0.6) is 0 Å². The fourth-order valence-corrected chi connectivity index (χ4v) is 5.19. The summed E-state index contributed by atoms with van der Waals surface area (Å²) in [4.78, 5) is 18.8. The molecule has 3 atom stereocenters. The van der Waals surface area contributed by atoms with Gasteiger partial charge in [-0.15, -0.1) is 0 Å². The van der Waals surface area contributed by atoms with E-state index < -0.39 is 17.0 Å². The van der Waals surface area contributed by atoms with Crippen molar-refractivity contribution in [3.8, 4) is 0 Å². The Labute approximate surface area is 190 Å². The summed E-state index contributed by atoms with van der Waals surface area (Å²) in [5, 5.41) is 4.17. The molecule has 0 bridgehead atoms. The van der Waals surface area contributed by atoms with Crippen LogP contribution < -0.4 is 10.3 Å². The Morgan fingerprint density at radius 2 is 1.91 bits per heavy atom. The van der Waals surface area contributed by atoms with E-state index in [1.165, 1.54) is 0 Å². The highest BCUT2D eigenvalue weighted by atomic mass is 19.2. The number of nitrogens with zero attached hydrogens (tertiary/aromatic N) is 6. The largest absolute Gasteiger partial charge is 0.372 e. The molecule has 0 unspecified atom stereocenters. The first-order valence-electron chi connectivity index (χ1n) is 10.9. The number of hydrogen-bond donors (Lipinski definition) is 1. The zero-order valence-electron chi connectivity index (χ0n) is 18.7. The van der Waals surface area contributed by atoms with Crippen LogP contribution >= 0.6 is 0 Å². The normalized spacial score (nSPS) is 25.7. The number of hydrazone groups is 1. The van der Waals surface area contributed by atoms with E-state index in [9.17, 15) is 0 Å². The molecule has 33 heavy (non-hydrogen) atoms. The highest BCUT2D eigenvalue weighted by molar-refractivity contribution is 6.00. The van der Waals surface area contributed by atoms with Crippen molar-refractivity contribution in [2.24, 2.45) is 20.5 Å². The summed E-state index contributed by atoms with van der Waals surface area (Å²) in [6.45, 7) is 6.33. The summed E-state index contributed by atoms with van der Waals surface area (Å²) < 4.78 is 37.0. The molecule has 5 rings (SSSR count). The van der Waals surface area contributed by atoms with Gasteiger partial charge in [-0.05, 0) is 44.9 Å². The predicted octanol–water partition coefficient (Wildman–Crippen LogP) is 3.23. The predicted molar refractivity (Wildman–Crippen MR) is 123 cm³/mol. The molecule has 3 aliphatic rings. The molecule has 0 saturated carbocycles. The number of hydrogen-bond acceptors (Lipinski definition) is 8. The van der Waals surface area contributed by atoms with Gasteiger partial charge in [0.25, 0.3) is 0 Å². The average molecular weight is 453 g/mol. The van der Waals surface area contributed by atoms with Crippen molar-refractivity contribution in [3.63, 3.8) is 0 Å². The average Bonchev–Trinajstić information content (AvgIpc) is 2.80. The van der Waals surface area contributed by atoms with E-state index in [0.29, 0.717) is 25.2 Å². The first kappa shape index (κ1) is 21.6. The van der Waals surface area contributed by atoms with E-state index in [1.54, 1.807) is 31.5 Å². The molecule has 1 aromatic carbocycles. The Kier molecular flexibility index (Phi) is 5.40. The molecule has 0 amide bonds. The minimum Gasteiger partial charge on any atom is -0.372 e. The van der Waals surface area contributed by atoms with Gasteiger partial charge in [0.2, 0.25) is 5.95 Å². The number of nitrogens with one attached hydrogen (secondary N) is 1. The highest BCUT2D eigenvalue weighted by Crippen LogP contribution is 2.46. The van der Waals surface area contributed by atoms with Crippen molar-refractivity contribution in [2.45, 2.75) is 45.4 Å². The van der Waals surface area contributed by atoms with Crippen molar-refractivity contribution in [2.75, 3.05) is 23.5 Å². The van der Waals surface area contributed by atoms with Gasteiger partial charge >= 0.3 is 0 Å². The van der Waals surface area contributed by atoms with Crippen LogP contribution in [0.3, 0.4) is 0 Å². The van der Waals surface area contributed by atoms with Crippen LogP contribution in [0.1, 0.15) is 31.9 Å². The van der Waals surface area contributed by atoms with Gasteiger partial charge in [0.05, 0.1) is 35.1 Å². The monoisotopic (exact) mass is 453 g/mol. The van der Waals surface area contributed by atoms with Crippen molar-refractivity contribution < 1.29 is 13.5 Å². The first-order chi connectivity index (χ1) is 15.9. The molecule has 1 fully saturated rings. The summed E-state index contributed by atoms with van der Waals surface area (Å²) in [6, 6.07) is 3.12. The van der Waals surface area contributed by atoms with Gasteiger partial charge in [0.15, 0.2) is 11.6 Å². The lowest BCUT2D eigenvalue weighted by molar-refractivity contribution is -0.0433. The third-order valence-electron chi connectivity index (χ3n) is 6.38. The smallest absolute Gasteiger partial charge is 0.243 e. The number of benzene rings is 1. The lowest BCUT2D eigenvalue weighted by atomic mass is 9.69. The third-order valence-corrected chi connectivity index (χ3v) is 6.38. The number of aromatic nitrogens is 2. The van der Waals surface area contributed by atoms with Crippen LogP contribution in [0.15, 0.2) is 39.6 Å². The van der Waals surface area contributed by atoms with E-state index in [2.05, 4.69) is 30.5 Å². The zero-order chi connectivity index (χ0) is 23.2. The fourth-order valence-electron chi connectivity index (χ4n) is 5.19. The molecule has 1 N–H and O–H groups in total. The molecule has 0 aliphatic carbocycles. The Balaban J connectivity index is 1.60. The number of fused-ring (bicyclic) bond motifs is 4. The van der Waals surface area contributed by atoms with Gasteiger partial charge in [-0.25, -0.2) is 24.2 Å². The van der Waals surface area contributed by atoms with Crippen LogP contribution in [0, 0.1) is 17.0 Å². The molecule has 2 aromatic rings. The Bertz CT molecular complexity index is 1140. The summed E-state index contributed by atoms with van der Waals surface area (Å²) in [5.41, 5.74) is 3.47. The molecule has 4 heterocycles. The van der Waals surface area contributed by atoms with Gasteiger partial charge in [-0.3, -0.25) is 9.98 Å². The number of aliphatic imine (C=N–C) groups is 2. The van der Waals surface area contributed by atoms with Crippen LogP contribution in [0.4, 0.5) is 20.4 Å². The fraction of sp³-hybridized carbons (Fsp3) is 0.435. The SMILES string of the molecule is C/C(=N\Nc1ncccn1)c1cc2c(c(F)c1F)N1C[C@@H](C)O[C@@H](C)[C@@H]1C1(C=NCN=C1)C2. The van der Waals surface area contributed by atoms with Crippen molar-refractivity contribution >= 4 is 29.8 Å². The van der Waals surface area contributed by atoms with Gasteiger partial charge in [-0.2, -0.15) is 5.10 Å². The molecular weight excluding hydrogens is 428 g/mol. The number of anilines is 2. The number of rotatable bonds is 3. The maximum atomic E-state index is 15.6. The van der Waals surface area contributed by atoms with Crippen molar-refractivity contribution in [1.82, 2.24) is 9.97 Å². The Morgan fingerprint density at radius 3 is 2.64 bits per heavy atom. The van der Waals surface area contributed by atoms with Gasteiger partial charge < -0.3 is 9.64 Å². The minimum absolute atomic E-state index is 0.0855.